The Morgan fingerprint density at radius 1 is 1.18 bits per heavy atom. The first-order valence-corrected chi connectivity index (χ1v) is 7.24. The highest BCUT2D eigenvalue weighted by Crippen LogP contribution is 2.31. The molecule has 1 aliphatic heterocycles. The number of hydrogen-bond donors (Lipinski definition) is 0. The molecule has 0 aromatic heterocycles. The second-order valence-corrected chi connectivity index (χ2v) is 5.50. The Labute approximate surface area is 128 Å². The molecule has 0 saturated carbocycles. The SMILES string of the molecule is CC1CCc2ccccc2N1C(=O)c1ccc([N+](=O)[O-])cc1. The van der Waals surface area contributed by atoms with E-state index in [0.29, 0.717) is 5.56 Å². The number of rotatable bonds is 2. The van der Waals surface area contributed by atoms with Gasteiger partial charge in [0.15, 0.2) is 0 Å². The van der Waals surface area contributed by atoms with Crippen LogP contribution in [0.3, 0.4) is 0 Å². The molecule has 1 heterocycles. The normalized spacial score (nSPS) is 17.0. The molecule has 0 bridgehead atoms. The number of carbonyl (C=O) groups is 1. The topological polar surface area (TPSA) is 63.5 Å². The molecular weight excluding hydrogens is 280 g/mol. The summed E-state index contributed by atoms with van der Waals surface area (Å²) in [5.74, 6) is -0.116. The summed E-state index contributed by atoms with van der Waals surface area (Å²) in [5.41, 5.74) is 2.55. The molecule has 112 valence electrons. The largest absolute Gasteiger partial charge is 0.305 e. The van der Waals surface area contributed by atoms with Crippen molar-refractivity contribution < 1.29 is 9.72 Å². The Hall–Kier alpha value is -2.69. The lowest BCUT2D eigenvalue weighted by Crippen LogP contribution is -2.42. The minimum Gasteiger partial charge on any atom is -0.305 e. The van der Waals surface area contributed by atoms with Gasteiger partial charge in [-0.05, 0) is 43.5 Å². The second kappa shape index (κ2) is 5.60. The molecule has 1 atom stereocenters. The predicted octanol–water partition coefficient (Wildman–Crippen LogP) is 3.58. The van der Waals surface area contributed by atoms with E-state index in [1.807, 2.05) is 31.2 Å². The van der Waals surface area contributed by atoms with Gasteiger partial charge < -0.3 is 4.90 Å². The maximum Gasteiger partial charge on any atom is 0.269 e. The van der Waals surface area contributed by atoms with Crippen LogP contribution in [0.4, 0.5) is 11.4 Å². The third-order valence-corrected chi connectivity index (χ3v) is 4.07. The first-order chi connectivity index (χ1) is 10.6. The van der Waals surface area contributed by atoms with Gasteiger partial charge in [-0.2, -0.15) is 0 Å². The number of amides is 1. The Bertz CT molecular complexity index is 725. The fraction of sp³-hybridized carbons (Fsp3) is 0.235. The molecule has 0 N–H and O–H groups in total. The van der Waals surface area contributed by atoms with E-state index in [1.165, 1.54) is 24.3 Å². The highest BCUT2D eigenvalue weighted by atomic mass is 16.6. The Balaban J connectivity index is 1.96. The zero-order valence-electron chi connectivity index (χ0n) is 12.2. The van der Waals surface area contributed by atoms with Crippen LogP contribution in [0.25, 0.3) is 0 Å². The highest BCUT2D eigenvalue weighted by Gasteiger charge is 2.28. The summed E-state index contributed by atoms with van der Waals surface area (Å²) in [6.07, 6.45) is 1.87. The molecule has 0 radical (unpaired) electrons. The van der Waals surface area contributed by atoms with E-state index < -0.39 is 4.92 Å². The number of para-hydroxylation sites is 1. The van der Waals surface area contributed by atoms with Crippen molar-refractivity contribution in [2.24, 2.45) is 0 Å². The van der Waals surface area contributed by atoms with Crippen molar-refractivity contribution in [1.29, 1.82) is 0 Å². The van der Waals surface area contributed by atoms with Crippen molar-refractivity contribution in [2.75, 3.05) is 4.90 Å². The summed E-state index contributed by atoms with van der Waals surface area (Å²) in [7, 11) is 0. The van der Waals surface area contributed by atoms with Crippen LogP contribution in [0.5, 0.6) is 0 Å². The number of hydrogen-bond acceptors (Lipinski definition) is 3. The molecule has 0 fully saturated rings. The fourth-order valence-electron chi connectivity index (χ4n) is 2.86. The molecule has 22 heavy (non-hydrogen) atoms. The summed E-state index contributed by atoms with van der Waals surface area (Å²) in [6, 6.07) is 13.8. The Kier molecular flexibility index (Phi) is 3.63. The zero-order valence-corrected chi connectivity index (χ0v) is 12.2. The van der Waals surface area contributed by atoms with Gasteiger partial charge in [0.25, 0.3) is 11.6 Å². The van der Waals surface area contributed by atoms with Crippen molar-refractivity contribution in [2.45, 2.75) is 25.8 Å². The molecule has 1 amide bonds. The molecule has 2 aromatic carbocycles. The smallest absolute Gasteiger partial charge is 0.269 e. The standard InChI is InChI=1S/C17H16N2O3/c1-12-6-7-13-4-2-3-5-16(13)18(12)17(20)14-8-10-15(11-9-14)19(21)22/h2-5,8-12H,6-7H2,1H3. The van der Waals surface area contributed by atoms with Gasteiger partial charge in [0.1, 0.15) is 0 Å². The number of benzene rings is 2. The monoisotopic (exact) mass is 296 g/mol. The van der Waals surface area contributed by atoms with Gasteiger partial charge in [0.2, 0.25) is 0 Å². The van der Waals surface area contributed by atoms with Gasteiger partial charge in [-0.3, -0.25) is 14.9 Å². The van der Waals surface area contributed by atoms with Crippen molar-refractivity contribution >= 4 is 17.3 Å². The molecule has 1 unspecified atom stereocenters. The van der Waals surface area contributed by atoms with E-state index in [1.54, 1.807) is 4.90 Å². The lowest BCUT2D eigenvalue weighted by atomic mass is 9.95. The lowest BCUT2D eigenvalue weighted by molar-refractivity contribution is -0.384. The van der Waals surface area contributed by atoms with Crippen LogP contribution in [0.15, 0.2) is 48.5 Å². The van der Waals surface area contributed by atoms with Crippen molar-refractivity contribution in [3.8, 4) is 0 Å². The Morgan fingerprint density at radius 2 is 1.86 bits per heavy atom. The van der Waals surface area contributed by atoms with Gasteiger partial charge in [-0.15, -0.1) is 0 Å². The van der Waals surface area contributed by atoms with E-state index in [4.69, 9.17) is 0 Å². The summed E-state index contributed by atoms with van der Waals surface area (Å²) in [4.78, 5) is 24.8. The van der Waals surface area contributed by atoms with Gasteiger partial charge in [-0.25, -0.2) is 0 Å². The van der Waals surface area contributed by atoms with Crippen LogP contribution < -0.4 is 4.90 Å². The van der Waals surface area contributed by atoms with Crippen molar-refractivity contribution in [3.05, 3.63) is 69.8 Å². The molecule has 5 nitrogen and oxygen atoms in total. The van der Waals surface area contributed by atoms with Gasteiger partial charge in [0.05, 0.1) is 4.92 Å². The number of non-ortho nitro benzene ring substituents is 1. The van der Waals surface area contributed by atoms with Crippen molar-refractivity contribution in [1.82, 2.24) is 0 Å². The minimum atomic E-state index is -0.465. The maximum absolute atomic E-state index is 12.8. The van der Waals surface area contributed by atoms with Gasteiger partial charge in [-0.1, -0.05) is 18.2 Å². The van der Waals surface area contributed by atoms with Gasteiger partial charge >= 0.3 is 0 Å². The molecule has 0 spiro atoms. The number of aryl methyl sites for hydroxylation is 1. The van der Waals surface area contributed by atoms with Gasteiger partial charge in [0, 0.05) is 29.4 Å². The van der Waals surface area contributed by atoms with E-state index >= 15 is 0 Å². The third-order valence-electron chi connectivity index (χ3n) is 4.07. The summed E-state index contributed by atoms with van der Waals surface area (Å²) in [5, 5.41) is 10.7. The average molecular weight is 296 g/mol. The van der Waals surface area contributed by atoms with Crippen molar-refractivity contribution in [3.63, 3.8) is 0 Å². The van der Waals surface area contributed by atoms with E-state index in [-0.39, 0.29) is 17.6 Å². The quantitative estimate of drug-likeness (QED) is 0.628. The Morgan fingerprint density at radius 3 is 2.55 bits per heavy atom. The molecule has 5 heteroatoms. The second-order valence-electron chi connectivity index (χ2n) is 5.50. The highest BCUT2D eigenvalue weighted by molar-refractivity contribution is 6.07. The van der Waals surface area contributed by atoms with Crippen LogP contribution in [0, 0.1) is 10.1 Å². The number of nitrogens with zero attached hydrogens (tertiary/aromatic N) is 2. The first-order valence-electron chi connectivity index (χ1n) is 7.24. The molecule has 3 rings (SSSR count). The van der Waals surface area contributed by atoms with Crippen LogP contribution in [-0.2, 0) is 6.42 Å². The molecule has 0 aliphatic carbocycles. The van der Waals surface area contributed by atoms with Crippen LogP contribution in [0.2, 0.25) is 0 Å². The average Bonchev–Trinajstić information content (AvgIpc) is 2.54. The summed E-state index contributed by atoms with van der Waals surface area (Å²) >= 11 is 0. The third kappa shape index (κ3) is 2.45. The summed E-state index contributed by atoms with van der Waals surface area (Å²) in [6.45, 7) is 2.03. The summed E-state index contributed by atoms with van der Waals surface area (Å²) < 4.78 is 0. The first kappa shape index (κ1) is 14.3. The van der Waals surface area contributed by atoms with E-state index in [0.717, 1.165) is 24.1 Å². The lowest BCUT2D eigenvalue weighted by Gasteiger charge is -2.35. The maximum atomic E-state index is 12.8. The van der Waals surface area contributed by atoms with E-state index in [9.17, 15) is 14.9 Å². The molecule has 2 aromatic rings. The van der Waals surface area contributed by atoms with Crippen LogP contribution in [-0.4, -0.2) is 16.9 Å². The molecule has 1 aliphatic rings. The number of fused-ring (bicyclic) bond motifs is 1. The fourth-order valence-corrected chi connectivity index (χ4v) is 2.86. The minimum absolute atomic E-state index is 0.0105. The molecular formula is C17H16N2O3. The zero-order chi connectivity index (χ0) is 15.7. The molecule has 0 saturated heterocycles. The number of carbonyl (C=O) groups excluding carboxylic acids is 1. The van der Waals surface area contributed by atoms with Crippen LogP contribution >= 0.6 is 0 Å². The number of nitro benzene ring substituents is 1. The van der Waals surface area contributed by atoms with E-state index in [2.05, 4.69) is 0 Å². The predicted molar refractivity (Wildman–Crippen MR) is 84.1 cm³/mol. The number of anilines is 1. The number of nitro groups is 1. The van der Waals surface area contributed by atoms with Crippen LogP contribution in [0.1, 0.15) is 29.3 Å².